The van der Waals surface area contributed by atoms with E-state index in [0.717, 1.165) is 30.6 Å². The second-order valence-corrected chi connectivity index (χ2v) is 3.06. The summed E-state index contributed by atoms with van der Waals surface area (Å²) < 4.78 is 18.2. The molecule has 1 nitrogen and oxygen atoms in total. The van der Waals surface area contributed by atoms with Gasteiger partial charge in [0, 0.05) is 0 Å². The van der Waals surface area contributed by atoms with E-state index in [-0.39, 0.29) is 5.82 Å². The predicted molar refractivity (Wildman–Crippen MR) is 51.6 cm³/mol. The molecule has 0 saturated heterocycles. The molecular formula is C11H15FO. The van der Waals surface area contributed by atoms with E-state index in [1.165, 1.54) is 6.07 Å². The molecule has 0 saturated carbocycles. The number of halogens is 1. The van der Waals surface area contributed by atoms with E-state index in [4.69, 9.17) is 4.74 Å². The molecule has 0 aliphatic rings. The molecule has 0 heterocycles. The molecule has 0 aromatic heterocycles. The molecule has 0 aliphatic carbocycles. The quantitative estimate of drug-likeness (QED) is 0.695. The third-order valence-electron chi connectivity index (χ3n) is 2.05. The van der Waals surface area contributed by atoms with Gasteiger partial charge in [0.25, 0.3) is 0 Å². The monoisotopic (exact) mass is 182 g/mol. The van der Waals surface area contributed by atoms with Crippen LogP contribution in [0.15, 0.2) is 18.2 Å². The van der Waals surface area contributed by atoms with Crippen molar-refractivity contribution >= 4 is 0 Å². The van der Waals surface area contributed by atoms with Gasteiger partial charge in [-0.3, -0.25) is 0 Å². The summed E-state index contributed by atoms with van der Waals surface area (Å²) in [5.74, 6) is 0.599. The third-order valence-corrected chi connectivity index (χ3v) is 2.05. The maximum atomic E-state index is 13.2. The number of ether oxygens (including phenoxy) is 1. The molecule has 0 bridgehead atoms. The molecule has 0 amide bonds. The van der Waals surface area contributed by atoms with Crippen molar-refractivity contribution in [3.05, 3.63) is 29.6 Å². The van der Waals surface area contributed by atoms with E-state index in [1.807, 2.05) is 0 Å². The topological polar surface area (TPSA) is 9.23 Å². The van der Waals surface area contributed by atoms with Gasteiger partial charge in [0.2, 0.25) is 0 Å². The molecule has 0 fully saturated rings. The van der Waals surface area contributed by atoms with Gasteiger partial charge in [0.05, 0.1) is 7.11 Å². The molecule has 13 heavy (non-hydrogen) atoms. The summed E-state index contributed by atoms with van der Waals surface area (Å²) in [6, 6.07) is 4.87. The fourth-order valence-electron chi connectivity index (χ4n) is 1.24. The van der Waals surface area contributed by atoms with Crippen LogP contribution in [0, 0.1) is 5.82 Å². The molecule has 0 unspecified atom stereocenters. The number of benzene rings is 1. The Hall–Kier alpha value is -1.05. The van der Waals surface area contributed by atoms with Gasteiger partial charge in [-0.15, -0.1) is 0 Å². The normalized spacial score (nSPS) is 10.1. The first kappa shape index (κ1) is 10.0. The van der Waals surface area contributed by atoms with E-state index in [9.17, 15) is 4.39 Å². The van der Waals surface area contributed by atoms with Gasteiger partial charge in [-0.2, -0.15) is 0 Å². The summed E-state index contributed by atoms with van der Waals surface area (Å²) in [6.07, 6.45) is 2.89. The van der Waals surface area contributed by atoms with E-state index < -0.39 is 0 Å². The molecule has 1 aromatic carbocycles. The average molecular weight is 182 g/mol. The molecule has 0 aliphatic heterocycles. The van der Waals surface area contributed by atoms with Crippen LogP contribution in [-0.2, 0) is 6.42 Å². The smallest absolute Gasteiger partial charge is 0.126 e. The lowest BCUT2D eigenvalue weighted by Crippen LogP contribution is -1.92. The number of aryl methyl sites for hydroxylation is 1. The highest BCUT2D eigenvalue weighted by Crippen LogP contribution is 2.18. The zero-order chi connectivity index (χ0) is 9.68. The Morgan fingerprint density at radius 2 is 2.15 bits per heavy atom. The van der Waals surface area contributed by atoms with Crippen LogP contribution in [0.25, 0.3) is 0 Å². The Kier molecular flexibility index (Phi) is 3.74. The van der Waals surface area contributed by atoms with Gasteiger partial charge in [0.1, 0.15) is 11.6 Å². The van der Waals surface area contributed by atoms with E-state index in [1.54, 1.807) is 19.2 Å². The highest BCUT2D eigenvalue weighted by Gasteiger charge is 2.02. The predicted octanol–water partition coefficient (Wildman–Crippen LogP) is 3.18. The van der Waals surface area contributed by atoms with Crippen molar-refractivity contribution in [3.63, 3.8) is 0 Å². The zero-order valence-corrected chi connectivity index (χ0v) is 8.14. The number of hydrogen-bond donors (Lipinski definition) is 0. The van der Waals surface area contributed by atoms with Crippen molar-refractivity contribution in [3.8, 4) is 5.75 Å². The van der Waals surface area contributed by atoms with Crippen LogP contribution in [0.1, 0.15) is 25.3 Å². The molecule has 1 aromatic rings. The van der Waals surface area contributed by atoms with E-state index in [0.29, 0.717) is 0 Å². The van der Waals surface area contributed by atoms with E-state index >= 15 is 0 Å². The Morgan fingerprint density at radius 3 is 2.77 bits per heavy atom. The lowest BCUT2D eigenvalue weighted by Gasteiger charge is -2.04. The van der Waals surface area contributed by atoms with Crippen molar-refractivity contribution in [1.82, 2.24) is 0 Å². The van der Waals surface area contributed by atoms with Crippen LogP contribution in [0.3, 0.4) is 0 Å². The van der Waals surface area contributed by atoms with Crippen molar-refractivity contribution in [2.75, 3.05) is 7.11 Å². The second-order valence-electron chi connectivity index (χ2n) is 3.06. The number of hydrogen-bond acceptors (Lipinski definition) is 1. The lowest BCUT2D eigenvalue weighted by molar-refractivity contribution is 0.412. The molecule has 0 atom stereocenters. The second kappa shape index (κ2) is 4.85. The maximum Gasteiger partial charge on any atom is 0.126 e. The number of rotatable bonds is 4. The van der Waals surface area contributed by atoms with Gasteiger partial charge in [-0.25, -0.2) is 4.39 Å². The van der Waals surface area contributed by atoms with E-state index in [2.05, 4.69) is 6.92 Å². The van der Waals surface area contributed by atoms with Crippen molar-refractivity contribution in [1.29, 1.82) is 0 Å². The lowest BCUT2D eigenvalue weighted by atomic mass is 10.1. The molecule has 1 rings (SSSR count). The first-order chi connectivity index (χ1) is 6.27. The van der Waals surface area contributed by atoms with Crippen LogP contribution >= 0.6 is 0 Å². The van der Waals surface area contributed by atoms with Crippen molar-refractivity contribution in [2.45, 2.75) is 26.2 Å². The summed E-state index contributed by atoms with van der Waals surface area (Å²) in [5, 5.41) is 0. The Balaban J connectivity index is 2.78. The average Bonchev–Trinajstić information content (AvgIpc) is 2.17. The SMILES string of the molecule is CCCCc1cc(OC)ccc1F. The van der Waals surface area contributed by atoms with Crippen LogP contribution in [0.4, 0.5) is 4.39 Å². The third kappa shape index (κ3) is 2.72. The Bertz CT molecular complexity index is 271. The fraction of sp³-hybridized carbons (Fsp3) is 0.455. The van der Waals surface area contributed by atoms with Gasteiger partial charge in [-0.1, -0.05) is 13.3 Å². The molecule has 0 radical (unpaired) electrons. The minimum atomic E-state index is -0.130. The summed E-state index contributed by atoms with van der Waals surface area (Å²) in [5.41, 5.74) is 0.751. The molecule has 72 valence electrons. The highest BCUT2D eigenvalue weighted by molar-refractivity contribution is 5.29. The summed E-state index contributed by atoms with van der Waals surface area (Å²) >= 11 is 0. The standard InChI is InChI=1S/C11H15FO/c1-3-4-5-9-8-10(13-2)6-7-11(9)12/h6-8H,3-5H2,1-2H3. The Morgan fingerprint density at radius 1 is 1.38 bits per heavy atom. The van der Waals surface area contributed by atoms with Crippen molar-refractivity contribution < 1.29 is 9.13 Å². The zero-order valence-electron chi connectivity index (χ0n) is 8.14. The van der Waals surface area contributed by atoms with Crippen LogP contribution in [-0.4, -0.2) is 7.11 Å². The Labute approximate surface area is 78.5 Å². The van der Waals surface area contributed by atoms with Gasteiger partial charge in [0.15, 0.2) is 0 Å². The largest absolute Gasteiger partial charge is 0.497 e. The first-order valence-electron chi connectivity index (χ1n) is 4.60. The summed E-state index contributed by atoms with van der Waals surface area (Å²) in [4.78, 5) is 0. The van der Waals surface area contributed by atoms with Crippen molar-refractivity contribution in [2.24, 2.45) is 0 Å². The van der Waals surface area contributed by atoms with Crippen LogP contribution < -0.4 is 4.74 Å². The van der Waals surface area contributed by atoms with Crippen LogP contribution in [0.5, 0.6) is 5.75 Å². The minimum Gasteiger partial charge on any atom is -0.497 e. The van der Waals surface area contributed by atoms with Gasteiger partial charge in [-0.05, 0) is 36.6 Å². The molecular weight excluding hydrogens is 167 g/mol. The first-order valence-corrected chi connectivity index (χ1v) is 4.60. The van der Waals surface area contributed by atoms with Crippen LogP contribution in [0.2, 0.25) is 0 Å². The van der Waals surface area contributed by atoms with Gasteiger partial charge < -0.3 is 4.74 Å². The molecule has 2 heteroatoms. The number of methoxy groups -OCH3 is 1. The fourth-order valence-corrected chi connectivity index (χ4v) is 1.24. The molecule has 0 spiro atoms. The minimum absolute atomic E-state index is 0.130. The number of unbranched alkanes of at least 4 members (excludes halogenated alkanes) is 1. The summed E-state index contributed by atoms with van der Waals surface area (Å²) in [6.45, 7) is 2.10. The maximum absolute atomic E-state index is 13.2. The molecule has 0 N–H and O–H groups in total. The summed E-state index contributed by atoms with van der Waals surface area (Å²) in [7, 11) is 1.59. The van der Waals surface area contributed by atoms with Gasteiger partial charge >= 0.3 is 0 Å². The highest BCUT2D eigenvalue weighted by atomic mass is 19.1.